The Kier molecular flexibility index (Phi) is 4.81. The van der Waals surface area contributed by atoms with Crippen LogP contribution in [-0.4, -0.2) is 20.1 Å². The summed E-state index contributed by atoms with van der Waals surface area (Å²) in [5, 5.41) is 15.5. The van der Waals surface area contributed by atoms with E-state index < -0.39 is 0 Å². The molecule has 1 atom stereocenters. The second-order valence-corrected chi connectivity index (χ2v) is 4.20. The number of rotatable bonds is 5. The molecule has 0 aromatic heterocycles. The summed E-state index contributed by atoms with van der Waals surface area (Å²) in [7, 11) is 1.95. The molecular weight excluding hydrogens is 198 g/mol. The first-order valence-corrected chi connectivity index (χ1v) is 5.56. The number of aryl methyl sites for hydroxylation is 1. The van der Waals surface area contributed by atoms with Gasteiger partial charge in [0.1, 0.15) is 6.07 Å². The SMILES string of the molecule is CNCC(C)CNc1ccc(C)cc1C#N. The summed E-state index contributed by atoms with van der Waals surface area (Å²) >= 11 is 0. The molecule has 1 rings (SSSR count). The zero-order chi connectivity index (χ0) is 12.0. The fraction of sp³-hybridized carbons (Fsp3) is 0.462. The number of benzene rings is 1. The maximum absolute atomic E-state index is 9.01. The van der Waals surface area contributed by atoms with Crippen LogP contribution in [0.2, 0.25) is 0 Å². The first kappa shape index (κ1) is 12.5. The van der Waals surface area contributed by atoms with Gasteiger partial charge in [0.15, 0.2) is 0 Å². The average molecular weight is 217 g/mol. The summed E-state index contributed by atoms with van der Waals surface area (Å²) in [6.45, 7) is 6.01. The third-order valence-electron chi connectivity index (χ3n) is 2.49. The van der Waals surface area contributed by atoms with Crippen LogP contribution in [0.3, 0.4) is 0 Å². The van der Waals surface area contributed by atoms with Gasteiger partial charge in [-0.15, -0.1) is 0 Å². The number of nitrogens with one attached hydrogen (secondary N) is 2. The van der Waals surface area contributed by atoms with Crippen molar-refractivity contribution in [2.75, 3.05) is 25.5 Å². The van der Waals surface area contributed by atoms with Crippen LogP contribution in [0.4, 0.5) is 5.69 Å². The predicted octanol–water partition coefficient (Wildman–Crippen LogP) is 2.13. The maximum atomic E-state index is 9.01. The van der Waals surface area contributed by atoms with Gasteiger partial charge in [-0.25, -0.2) is 0 Å². The smallest absolute Gasteiger partial charge is 0.101 e. The van der Waals surface area contributed by atoms with Gasteiger partial charge in [0, 0.05) is 6.54 Å². The van der Waals surface area contributed by atoms with Gasteiger partial charge in [-0.05, 0) is 44.1 Å². The molecule has 0 heterocycles. The minimum atomic E-state index is 0.540. The van der Waals surface area contributed by atoms with Gasteiger partial charge in [0.05, 0.1) is 11.3 Å². The zero-order valence-corrected chi connectivity index (χ0v) is 10.2. The van der Waals surface area contributed by atoms with Crippen molar-refractivity contribution >= 4 is 5.69 Å². The Hall–Kier alpha value is -1.53. The first-order valence-electron chi connectivity index (χ1n) is 5.56. The van der Waals surface area contributed by atoms with E-state index in [0.717, 1.165) is 29.9 Å². The van der Waals surface area contributed by atoms with E-state index >= 15 is 0 Å². The van der Waals surface area contributed by atoms with Gasteiger partial charge < -0.3 is 10.6 Å². The highest BCUT2D eigenvalue weighted by atomic mass is 14.9. The fourth-order valence-electron chi connectivity index (χ4n) is 1.61. The number of hydrogen-bond donors (Lipinski definition) is 2. The van der Waals surface area contributed by atoms with Crippen molar-refractivity contribution in [1.29, 1.82) is 5.26 Å². The van der Waals surface area contributed by atoms with Gasteiger partial charge in [0.25, 0.3) is 0 Å². The zero-order valence-electron chi connectivity index (χ0n) is 10.2. The molecule has 0 amide bonds. The van der Waals surface area contributed by atoms with Crippen molar-refractivity contribution in [3.05, 3.63) is 29.3 Å². The van der Waals surface area contributed by atoms with Crippen LogP contribution in [0.25, 0.3) is 0 Å². The number of nitriles is 1. The van der Waals surface area contributed by atoms with Gasteiger partial charge in [0.2, 0.25) is 0 Å². The monoisotopic (exact) mass is 217 g/mol. The van der Waals surface area contributed by atoms with Crippen molar-refractivity contribution in [1.82, 2.24) is 5.32 Å². The highest BCUT2D eigenvalue weighted by Crippen LogP contribution is 2.16. The highest BCUT2D eigenvalue weighted by Gasteiger charge is 2.04. The molecule has 0 fully saturated rings. The van der Waals surface area contributed by atoms with Crippen molar-refractivity contribution in [2.24, 2.45) is 5.92 Å². The summed E-state index contributed by atoms with van der Waals surface area (Å²) in [4.78, 5) is 0. The first-order chi connectivity index (χ1) is 7.67. The van der Waals surface area contributed by atoms with Crippen molar-refractivity contribution in [3.8, 4) is 6.07 Å². The van der Waals surface area contributed by atoms with Crippen LogP contribution in [0, 0.1) is 24.2 Å². The van der Waals surface area contributed by atoms with E-state index in [2.05, 4.69) is 23.6 Å². The van der Waals surface area contributed by atoms with E-state index in [-0.39, 0.29) is 0 Å². The molecule has 0 saturated heterocycles. The molecule has 1 aromatic carbocycles. The van der Waals surface area contributed by atoms with Crippen LogP contribution in [0.1, 0.15) is 18.1 Å². The lowest BCUT2D eigenvalue weighted by Gasteiger charge is -2.14. The standard InChI is InChI=1S/C13H19N3/c1-10-4-5-13(12(6-10)7-14)16-9-11(2)8-15-3/h4-6,11,15-16H,8-9H2,1-3H3. The molecule has 3 heteroatoms. The molecule has 86 valence electrons. The Balaban J connectivity index is 2.64. The quantitative estimate of drug-likeness (QED) is 0.794. The van der Waals surface area contributed by atoms with Crippen molar-refractivity contribution in [2.45, 2.75) is 13.8 Å². The lowest BCUT2D eigenvalue weighted by molar-refractivity contribution is 0.569. The minimum absolute atomic E-state index is 0.540. The molecule has 0 spiro atoms. The topological polar surface area (TPSA) is 47.8 Å². The Morgan fingerprint density at radius 2 is 2.12 bits per heavy atom. The summed E-state index contributed by atoms with van der Waals surface area (Å²) in [6, 6.07) is 8.11. The number of nitrogens with zero attached hydrogens (tertiary/aromatic N) is 1. The maximum Gasteiger partial charge on any atom is 0.101 e. The van der Waals surface area contributed by atoms with E-state index in [4.69, 9.17) is 5.26 Å². The van der Waals surface area contributed by atoms with Crippen molar-refractivity contribution < 1.29 is 0 Å². The highest BCUT2D eigenvalue weighted by molar-refractivity contribution is 5.58. The van der Waals surface area contributed by atoms with Crippen LogP contribution in [0.15, 0.2) is 18.2 Å². The molecule has 0 aliphatic carbocycles. The summed E-state index contributed by atoms with van der Waals surface area (Å²) < 4.78 is 0. The predicted molar refractivity (Wildman–Crippen MR) is 67.5 cm³/mol. The van der Waals surface area contributed by atoms with E-state index in [0.29, 0.717) is 5.92 Å². The molecule has 0 bridgehead atoms. The Labute approximate surface area is 97.5 Å². The van der Waals surface area contributed by atoms with E-state index in [1.54, 1.807) is 0 Å². The van der Waals surface area contributed by atoms with Crippen LogP contribution >= 0.6 is 0 Å². The molecule has 0 aliphatic heterocycles. The molecule has 2 N–H and O–H groups in total. The molecule has 0 saturated carbocycles. The number of anilines is 1. The molecule has 3 nitrogen and oxygen atoms in total. The lowest BCUT2D eigenvalue weighted by atomic mass is 10.1. The largest absolute Gasteiger partial charge is 0.384 e. The molecule has 1 unspecified atom stereocenters. The van der Waals surface area contributed by atoms with Gasteiger partial charge in [-0.1, -0.05) is 13.0 Å². The summed E-state index contributed by atoms with van der Waals surface area (Å²) in [6.07, 6.45) is 0. The summed E-state index contributed by atoms with van der Waals surface area (Å²) in [5.41, 5.74) is 2.76. The lowest BCUT2D eigenvalue weighted by Crippen LogP contribution is -2.23. The van der Waals surface area contributed by atoms with E-state index in [1.165, 1.54) is 0 Å². The molecule has 16 heavy (non-hydrogen) atoms. The molecule has 0 aliphatic rings. The number of hydrogen-bond acceptors (Lipinski definition) is 3. The second-order valence-electron chi connectivity index (χ2n) is 4.20. The Morgan fingerprint density at radius 1 is 1.38 bits per heavy atom. The third kappa shape index (κ3) is 3.56. The molecular formula is C13H19N3. The fourth-order valence-corrected chi connectivity index (χ4v) is 1.61. The van der Waals surface area contributed by atoms with Gasteiger partial charge in [-0.3, -0.25) is 0 Å². The van der Waals surface area contributed by atoms with Crippen molar-refractivity contribution in [3.63, 3.8) is 0 Å². The third-order valence-corrected chi connectivity index (χ3v) is 2.49. The van der Waals surface area contributed by atoms with Crippen LogP contribution < -0.4 is 10.6 Å². The molecule has 0 radical (unpaired) electrons. The van der Waals surface area contributed by atoms with E-state index in [1.807, 2.05) is 32.2 Å². The second kappa shape index (κ2) is 6.14. The minimum Gasteiger partial charge on any atom is -0.384 e. The summed E-state index contributed by atoms with van der Waals surface area (Å²) in [5.74, 6) is 0.540. The van der Waals surface area contributed by atoms with Crippen LogP contribution in [-0.2, 0) is 0 Å². The normalized spacial score (nSPS) is 11.9. The average Bonchev–Trinajstić information content (AvgIpc) is 2.27. The Bertz CT molecular complexity index is 379. The molecule has 1 aromatic rings. The van der Waals surface area contributed by atoms with Gasteiger partial charge in [-0.2, -0.15) is 5.26 Å². The van der Waals surface area contributed by atoms with Crippen LogP contribution in [0.5, 0.6) is 0 Å². The van der Waals surface area contributed by atoms with Gasteiger partial charge >= 0.3 is 0 Å². The Morgan fingerprint density at radius 3 is 2.75 bits per heavy atom. The van der Waals surface area contributed by atoms with E-state index in [9.17, 15) is 0 Å².